The lowest BCUT2D eigenvalue weighted by Gasteiger charge is -2.04. The molecule has 19 heavy (non-hydrogen) atoms. The zero-order chi connectivity index (χ0) is 13.7. The van der Waals surface area contributed by atoms with Gasteiger partial charge in [-0.25, -0.2) is 0 Å². The number of nitrogens with zero attached hydrogens (tertiary/aromatic N) is 1. The number of hydrogen-bond donors (Lipinski definition) is 1. The number of rotatable bonds is 6. The Balaban J connectivity index is 1.90. The monoisotopic (exact) mass is 260 g/mol. The van der Waals surface area contributed by atoms with Crippen LogP contribution in [0.4, 0.5) is 0 Å². The van der Waals surface area contributed by atoms with Crippen molar-refractivity contribution in [3.05, 3.63) is 41.8 Å². The summed E-state index contributed by atoms with van der Waals surface area (Å²) < 4.78 is 10.9. The molecule has 1 N–H and O–H groups in total. The lowest BCUT2D eigenvalue weighted by atomic mass is 10.2. The summed E-state index contributed by atoms with van der Waals surface area (Å²) in [7, 11) is 0. The van der Waals surface area contributed by atoms with Gasteiger partial charge in [0.05, 0.1) is 5.69 Å². The van der Waals surface area contributed by atoms with Gasteiger partial charge in [-0.15, -0.1) is 0 Å². The molecule has 0 saturated heterocycles. The molecular formula is C15H20N2O2. The quantitative estimate of drug-likeness (QED) is 0.863. The zero-order valence-electron chi connectivity index (χ0n) is 11.6. The molecule has 0 fully saturated rings. The van der Waals surface area contributed by atoms with Gasteiger partial charge >= 0.3 is 6.08 Å². The third-order valence-electron chi connectivity index (χ3n) is 2.58. The molecule has 0 radical (unpaired) electrons. The van der Waals surface area contributed by atoms with Gasteiger partial charge in [0, 0.05) is 6.54 Å². The van der Waals surface area contributed by atoms with Crippen LogP contribution in [0.3, 0.4) is 0 Å². The molecule has 0 unspecified atom stereocenters. The Kier molecular flexibility index (Phi) is 4.58. The van der Waals surface area contributed by atoms with Gasteiger partial charge in [-0.3, -0.25) is 0 Å². The Morgan fingerprint density at radius 2 is 2.21 bits per heavy atom. The van der Waals surface area contributed by atoms with Crippen LogP contribution in [-0.2, 0) is 6.54 Å². The molecule has 0 amide bonds. The first-order valence-corrected chi connectivity index (χ1v) is 6.53. The van der Waals surface area contributed by atoms with Crippen molar-refractivity contribution in [3.63, 3.8) is 0 Å². The topological polar surface area (TPSA) is 47.3 Å². The second-order valence-corrected chi connectivity index (χ2v) is 5.05. The maximum atomic E-state index is 5.56. The average Bonchev–Trinajstić information content (AvgIpc) is 2.76. The fourth-order valence-electron chi connectivity index (χ4n) is 1.69. The largest absolute Gasteiger partial charge is 0.417 e. The normalized spacial score (nSPS) is 10.9. The molecule has 1 aromatic carbocycles. The van der Waals surface area contributed by atoms with Gasteiger partial charge in [-0.1, -0.05) is 26.0 Å². The van der Waals surface area contributed by atoms with Crippen molar-refractivity contribution in [1.82, 2.24) is 10.3 Å². The molecule has 0 aliphatic carbocycles. The number of nitrogens with one attached hydrogen (secondary N) is 1. The lowest BCUT2D eigenvalue weighted by Crippen LogP contribution is -2.19. The zero-order valence-corrected chi connectivity index (χ0v) is 11.6. The van der Waals surface area contributed by atoms with E-state index in [0.717, 1.165) is 23.6 Å². The Morgan fingerprint density at radius 3 is 2.95 bits per heavy atom. The first-order valence-electron chi connectivity index (χ1n) is 6.53. The molecule has 1 aromatic heterocycles. The van der Waals surface area contributed by atoms with E-state index in [0.29, 0.717) is 12.5 Å². The Bertz CT molecular complexity index is 520. The fourth-order valence-corrected chi connectivity index (χ4v) is 1.69. The van der Waals surface area contributed by atoms with E-state index in [1.807, 2.05) is 31.2 Å². The van der Waals surface area contributed by atoms with E-state index in [-0.39, 0.29) is 6.08 Å². The highest BCUT2D eigenvalue weighted by Crippen LogP contribution is 2.21. The molecule has 2 rings (SSSR count). The van der Waals surface area contributed by atoms with E-state index in [4.69, 9.17) is 9.15 Å². The summed E-state index contributed by atoms with van der Waals surface area (Å²) in [6, 6.07) is 7.79. The lowest BCUT2D eigenvalue weighted by molar-refractivity contribution is 0.330. The predicted molar refractivity (Wildman–Crippen MR) is 74.3 cm³/mol. The van der Waals surface area contributed by atoms with Crippen molar-refractivity contribution >= 4 is 0 Å². The first-order chi connectivity index (χ1) is 9.13. The van der Waals surface area contributed by atoms with Crippen LogP contribution in [0.5, 0.6) is 11.8 Å². The summed E-state index contributed by atoms with van der Waals surface area (Å²) in [5, 5.41) is 3.31. The summed E-state index contributed by atoms with van der Waals surface area (Å²) >= 11 is 0. The minimum absolute atomic E-state index is 0.284. The van der Waals surface area contributed by atoms with Crippen molar-refractivity contribution in [2.24, 2.45) is 5.92 Å². The number of aromatic nitrogens is 1. The molecule has 0 bridgehead atoms. The fraction of sp³-hybridized carbons (Fsp3) is 0.400. The number of ether oxygens (including phenoxy) is 1. The van der Waals surface area contributed by atoms with E-state index in [2.05, 4.69) is 24.1 Å². The standard InChI is InChI=1S/C15H20N2O2/c1-11(2)8-16-9-13-10-18-15(17-13)19-14-6-4-5-12(3)7-14/h4-7,10-11,16H,8-9H2,1-3H3. The van der Waals surface area contributed by atoms with Crippen LogP contribution in [0.2, 0.25) is 0 Å². The van der Waals surface area contributed by atoms with E-state index in [1.54, 1.807) is 6.26 Å². The molecule has 102 valence electrons. The number of hydrogen-bond acceptors (Lipinski definition) is 4. The SMILES string of the molecule is Cc1cccc(Oc2nc(CNCC(C)C)co2)c1. The first kappa shape index (κ1) is 13.6. The van der Waals surface area contributed by atoms with Gasteiger partial charge in [0.25, 0.3) is 0 Å². The Labute approximate surface area is 113 Å². The van der Waals surface area contributed by atoms with Gasteiger partial charge in [-0.05, 0) is 37.1 Å². The Morgan fingerprint density at radius 1 is 1.37 bits per heavy atom. The average molecular weight is 260 g/mol. The maximum absolute atomic E-state index is 5.56. The van der Waals surface area contributed by atoms with Crippen LogP contribution in [0.1, 0.15) is 25.1 Å². The third kappa shape index (κ3) is 4.41. The predicted octanol–water partition coefficient (Wildman–Crippen LogP) is 3.52. The molecule has 0 spiro atoms. The van der Waals surface area contributed by atoms with E-state index in [1.165, 1.54) is 0 Å². The molecule has 1 heterocycles. The minimum atomic E-state index is 0.284. The highest BCUT2D eigenvalue weighted by molar-refractivity contribution is 5.29. The van der Waals surface area contributed by atoms with Crippen LogP contribution >= 0.6 is 0 Å². The van der Waals surface area contributed by atoms with Gasteiger partial charge in [0.2, 0.25) is 0 Å². The van der Waals surface area contributed by atoms with Crippen LogP contribution in [0.15, 0.2) is 34.9 Å². The molecule has 0 atom stereocenters. The summed E-state index contributed by atoms with van der Waals surface area (Å²) in [6.07, 6.45) is 1.91. The van der Waals surface area contributed by atoms with Crippen LogP contribution in [-0.4, -0.2) is 11.5 Å². The molecule has 0 saturated carbocycles. The molecule has 4 heteroatoms. The highest BCUT2D eigenvalue weighted by Gasteiger charge is 2.06. The number of benzene rings is 1. The second-order valence-electron chi connectivity index (χ2n) is 5.05. The van der Waals surface area contributed by atoms with Crippen molar-refractivity contribution in [2.45, 2.75) is 27.3 Å². The number of aryl methyl sites for hydroxylation is 1. The third-order valence-corrected chi connectivity index (χ3v) is 2.58. The van der Waals surface area contributed by atoms with E-state index in [9.17, 15) is 0 Å². The highest BCUT2D eigenvalue weighted by atomic mass is 16.6. The van der Waals surface area contributed by atoms with Crippen LogP contribution in [0, 0.1) is 12.8 Å². The summed E-state index contributed by atoms with van der Waals surface area (Å²) in [6.45, 7) is 8.01. The minimum Gasteiger partial charge on any atom is -0.417 e. The molecule has 2 aromatic rings. The smallest absolute Gasteiger partial charge is 0.399 e. The van der Waals surface area contributed by atoms with Gasteiger partial charge in [-0.2, -0.15) is 4.98 Å². The second kappa shape index (κ2) is 6.38. The van der Waals surface area contributed by atoms with Crippen LogP contribution < -0.4 is 10.1 Å². The molecule has 0 aliphatic heterocycles. The van der Waals surface area contributed by atoms with E-state index >= 15 is 0 Å². The van der Waals surface area contributed by atoms with Crippen molar-refractivity contribution in [2.75, 3.05) is 6.54 Å². The van der Waals surface area contributed by atoms with Crippen molar-refractivity contribution < 1.29 is 9.15 Å². The maximum Gasteiger partial charge on any atom is 0.399 e. The van der Waals surface area contributed by atoms with Crippen molar-refractivity contribution in [3.8, 4) is 11.8 Å². The molecule has 4 nitrogen and oxygen atoms in total. The Hall–Kier alpha value is -1.81. The van der Waals surface area contributed by atoms with Gasteiger partial charge in [0.1, 0.15) is 12.0 Å². The molecule has 0 aliphatic rings. The molecular weight excluding hydrogens is 240 g/mol. The van der Waals surface area contributed by atoms with Gasteiger partial charge in [0.15, 0.2) is 0 Å². The number of oxazole rings is 1. The summed E-state index contributed by atoms with van der Waals surface area (Å²) in [5.74, 6) is 1.36. The van der Waals surface area contributed by atoms with Crippen LogP contribution in [0.25, 0.3) is 0 Å². The summed E-state index contributed by atoms with van der Waals surface area (Å²) in [5.41, 5.74) is 1.99. The van der Waals surface area contributed by atoms with Gasteiger partial charge < -0.3 is 14.5 Å². The van der Waals surface area contributed by atoms with E-state index < -0.39 is 0 Å². The summed E-state index contributed by atoms with van der Waals surface area (Å²) in [4.78, 5) is 4.28. The van der Waals surface area contributed by atoms with Crippen molar-refractivity contribution in [1.29, 1.82) is 0 Å².